The van der Waals surface area contributed by atoms with Crippen LogP contribution in [0.25, 0.3) is 0 Å². The summed E-state index contributed by atoms with van der Waals surface area (Å²) in [5.74, 6) is 1.13. The Kier molecular flexibility index (Phi) is 4.48. The maximum absolute atomic E-state index is 9.72. The zero-order valence-electron chi connectivity index (χ0n) is 11.0. The van der Waals surface area contributed by atoms with Gasteiger partial charge in [0.1, 0.15) is 11.5 Å². The first kappa shape index (κ1) is 13.2. The van der Waals surface area contributed by atoms with Crippen LogP contribution in [-0.2, 0) is 6.54 Å². The van der Waals surface area contributed by atoms with E-state index in [4.69, 9.17) is 0 Å². The molecule has 1 aromatic rings. The number of rotatable bonds is 4. The molecule has 0 spiro atoms. The fourth-order valence-electron chi connectivity index (χ4n) is 2.80. The first-order chi connectivity index (χ1) is 8.69. The van der Waals surface area contributed by atoms with Crippen molar-refractivity contribution in [2.24, 2.45) is 5.92 Å². The summed E-state index contributed by atoms with van der Waals surface area (Å²) in [4.78, 5) is 0. The first-order valence-electron chi connectivity index (χ1n) is 6.93. The maximum atomic E-state index is 9.72. The second kappa shape index (κ2) is 6.10. The molecule has 100 valence electrons. The van der Waals surface area contributed by atoms with Gasteiger partial charge in [-0.1, -0.05) is 32.3 Å². The standard InChI is InChI=1S/C15H23NO2/c1-2-11-4-3-5-13(8-11)16-10-12-6-7-14(17)9-15(12)18/h6-7,9,11,13,16-18H,2-5,8,10H2,1H3. The Morgan fingerprint density at radius 2 is 2.11 bits per heavy atom. The van der Waals surface area contributed by atoms with Crippen LogP contribution >= 0.6 is 0 Å². The molecule has 1 aliphatic rings. The molecule has 2 atom stereocenters. The molecule has 0 aliphatic heterocycles. The predicted molar refractivity (Wildman–Crippen MR) is 72.6 cm³/mol. The van der Waals surface area contributed by atoms with E-state index >= 15 is 0 Å². The Morgan fingerprint density at radius 3 is 2.83 bits per heavy atom. The van der Waals surface area contributed by atoms with Gasteiger partial charge < -0.3 is 15.5 Å². The third kappa shape index (κ3) is 3.39. The highest BCUT2D eigenvalue weighted by Crippen LogP contribution is 2.27. The molecular weight excluding hydrogens is 226 g/mol. The van der Waals surface area contributed by atoms with Crippen LogP contribution in [-0.4, -0.2) is 16.3 Å². The smallest absolute Gasteiger partial charge is 0.123 e. The second-order valence-corrected chi connectivity index (χ2v) is 5.33. The van der Waals surface area contributed by atoms with Gasteiger partial charge in [0.15, 0.2) is 0 Å². The number of benzene rings is 1. The Morgan fingerprint density at radius 1 is 1.28 bits per heavy atom. The molecule has 3 N–H and O–H groups in total. The fourth-order valence-corrected chi connectivity index (χ4v) is 2.80. The van der Waals surface area contributed by atoms with E-state index < -0.39 is 0 Å². The van der Waals surface area contributed by atoms with Crippen molar-refractivity contribution in [2.75, 3.05) is 0 Å². The van der Waals surface area contributed by atoms with Crippen LogP contribution < -0.4 is 5.32 Å². The van der Waals surface area contributed by atoms with Crippen LogP contribution in [0.15, 0.2) is 18.2 Å². The molecular formula is C15H23NO2. The molecule has 3 nitrogen and oxygen atoms in total. The van der Waals surface area contributed by atoms with E-state index in [0.29, 0.717) is 12.6 Å². The lowest BCUT2D eigenvalue weighted by molar-refractivity contribution is 0.277. The minimum Gasteiger partial charge on any atom is -0.508 e. The molecule has 1 aliphatic carbocycles. The van der Waals surface area contributed by atoms with E-state index in [0.717, 1.165) is 11.5 Å². The van der Waals surface area contributed by atoms with Crippen molar-refractivity contribution in [3.05, 3.63) is 23.8 Å². The van der Waals surface area contributed by atoms with Crippen LogP contribution in [0.4, 0.5) is 0 Å². The van der Waals surface area contributed by atoms with Crippen molar-refractivity contribution < 1.29 is 10.2 Å². The highest BCUT2D eigenvalue weighted by atomic mass is 16.3. The van der Waals surface area contributed by atoms with E-state index in [1.807, 2.05) is 0 Å². The van der Waals surface area contributed by atoms with Crippen molar-refractivity contribution in [3.63, 3.8) is 0 Å². The summed E-state index contributed by atoms with van der Waals surface area (Å²) in [6, 6.07) is 5.36. The number of hydrogen-bond donors (Lipinski definition) is 3. The highest BCUT2D eigenvalue weighted by Gasteiger charge is 2.20. The normalized spacial score (nSPS) is 24.1. The van der Waals surface area contributed by atoms with Crippen molar-refractivity contribution in [1.82, 2.24) is 5.32 Å². The quantitative estimate of drug-likeness (QED) is 0.768. The molecule has 0 radical (unpaired) electrons. The summed E-state index contributed by atoms with van der Waals surface area (Å²) < 4.78 is 0. The summed E-state index contributed by atoms with van der Waals surface area (Å²) >= 11 is 0. The average Bonchev–Trinajstić information content (AvgIpc) is 2.38. The first-order valence-corrected chi connectivity index (χ1v) is 6.93. The zero-order valence-corrected chi connectivity index (χ0v) is 11.0. The largest absolute Gasteiger partial charge is 0.508 e. The van der Waals surface area contributed by atoms with Crippen molar-refractivity contribution >= 4 is 0 Å². The zero-order chi connectivity index (χ0) is 13.0. The molecule has 0 amide bonds. The number of phenolic OH excluding ortho intramolecular Hbond substituents is 2. The van der Waals surface area contributed by atoms with E-state index in [9.17, 15) is 10.2 Å². The van der Waals surface area contributed by atoms with Gasteiger partial charge in [-0.15, -0.1) is 0 Å². The fraction of sp³-hybridized carbons (Fsp3) is 0.600. The minimum absolute atomic E-state index is 0.111. The van der Waals surface area contributed by atoms with Gasteiger partial charge >= 0.3 is 0 Å². The van der Waals surface area contributed by atoms with Gasteiger partial charge in [0.05, 0.1) is 0 Å². The third-order valence-corrected chi connectivity index (χ3v) is 4.01. The Labute approximate surface area is 109 Å². The van der Waals surface area contributed by atoms with Gasteiger partial charge in [0.25, 0.3) is 0 Å². The van der Waals surface area contributed by atoms with Crippen molar-refractivity contribution in [1.29, 1.82) is 0 Å². The van der Waals surface area contributed by atoms with Gasteiger partial charge in [-0.2, -0.15) is 0 Å². The molecule has 1 aromatic carbocycles. The molecule has 2 unspecified atom stereocenters. The van der Waals surface area contributed by atoms with Crippen LogP contribution in [0.3, 0.4) is 0 Å². The average molecular weight is 249 g/mol. The Bertz CT molecular complexity index is 392. The van der Waals surface area contributed by atoms with Crippen LogP contribution in [0.1, 0.15) is 44.6 Å². The van der Waals surface area contributed by atoms with Gasteiger partial charge in [-0.05, 0) is 24.8 Å². The Balaban J connectivity index is 1.87. The van der Waals surface area contributed by atoms with Crippen LogP contribution in [0, 0.1) is 5.92 Å². The number of phenols is 2. The van der Waals surface area contributed by atoms with Gasteiger partial charge in [-0.3, -0.25) is 0 Å². The van der Waals surface area contributed by atoms with Crippen molar-refractivity contribution in [3.8, 4) is 11.5 Å². The highest BCUT2D eigenvalue weighted by molar-refractivity contribution is 5.38. The van der Waals surface area contributed by atoms with Gasteiger partial charge in [-0.25, -0.2) is 0 Å². The molecule has 0 aromatic heterocycles. The van der Waals surface area contributed by atoms with E-state index in [1.165, 1.54) is 38.2 Å². The summed E-state index contributed by atoms with van der Waals surface area (Å²) in [5.41, 5.74) is 0.853. The summed E-state index contributed by atoms with van der Waals surface area (Å²) in [7, 11) is 0. The number of nitrogens with one attached hydrogen (secondary N) is 1. The maximum Gasteiger partial charge on any atom is 0.123 e. The molecule has 1 fully saturated rings. The molecule has 2 rings (SSSR count). The van der Waals surface area contributed by atoms with Gasteiger partial charge in [0.2, 0.25) is 0 Å². The molecule has 3 heteroatoms. The monoisotopic (exact) mass is 249 g/mol. The summed E-state index contributed by atoms with van der Waals surface area (Å²) in [5, 5.41) is 22.5. The Hall–Kier alpha value is -1.22. The lowest BCUT2D eigenvalue weighted by Crippen LogP contribution is -2.33. The lowest BCUT2D eigenvalue weighted by atomic mass is 9.84. The third-order valence-electron chi connectivity index (χ3n) is 4.01. The molecule has 18 heavy (non-hydrogen) atoms. The molecule has 0 heterocycles. The summed E-state index contributed by atoms with van der Waals surface area (Å²) in [6.07, 6.45) is 6.41. The van der Waals surface area contributed by atoms with Crippen LogP contribution in [0.2, 0.25) is 0 Å². The SMILES string of the molecule is CCC1CCCC(NCc2ccc(O)cc2O)C1. The predicted octanol–water partition coefficient (Wildman–Crippen LogP) is 3.16. The van der Waals surface area contributed by atoms with Crippen LogP contribution in [0.5, 0.6) is 11.5 Å². The molecule has 1 saturated carbocycles. The second-order valence-electron chi connectivity index (χ2n) is 5.33. The number of hydrogen-bond acceptors (Lipinski definition) is 3. The molecule has 0 bridgehead atoms. The van der Waals surface area contributed by atoms with E-state index in [-0.39, 0.29) is 11.5 Å². The molecule has 0 saturated heterocycles. The lowest BCUT2D eigenvalue weighted by Gasteiger charge is -2.29. The van der Waals surface area contributed by atoms with E-state index in [1.54, 1.807) is 12.1 Å². The van der Waals surface area contributed by atoms with Gasteiger partial charge in [0, 0.05) is 24.2 Å². The summed E-state index contributed by atoms with van der Waals surface area (Å²) in [6.45, 7) is 2.94. The van der Waals surface area contributed by atoms with E-state index in [2.05, 4.69) is 12.2 Å². The number of aromatic hydroxyl groups is 2. The minimum atomic E-state index is 0.111. The van der Waals surface area contributed by atoms with Crippen molar-refractivity contribution in [2.45, 2.75) is 51.6 Å². The topological polar surface area (TPSA) is 52.5 Å².